The van der Waals surface area contributed by atoms with Crippen molar-refractivity contribution in [1.82, 2.24) is 0 Å². The Balaban J connectivity index is 2.16. The molecule has 21 heavy (non-hydrogen) atoms. The third-order valence-corrected chi connectivity index (χ3v) is 3.83. The van der Waals surface area contributed by atoms with Crippen LogP contribution in [0, 0.1) is 0 Å². The highest BCUT2D eigenvalue weighted by molar-refractivity contribution is 4.88. The van der Waals surface area contributed by atoms with Gasteiger partial charge in [0.2, 0.25) is 0 Å². The quantitative estimate of drug-likeness (QED) is 0.518. The van der Waals surface area contributed by atoms with Crippen molar-refractivity contribution < 1.29 is 29.5 Å². The van der Waals surface area contributed by atoms with Crippen LogP contribution in [-0.4, -0.2) is 66.3 Å². The smallest absolute Gasteiger partial charge is 0.186 e. The standard InChI is InChI=1S/C15H30O6/c1-3-4-5-6-7-8-9-20-10-11-12(16)13(17)14(18)15(19-2)21-11/h11-18H,3-10H2,1-2H3/t11?,12-,13+,14?,15+/m1/s1. The molecule has 5 atom stereocenters. The Morgan fingerprint density at radius 3 is 2.24 bits per heavy atom. The molecule has 6 nitrogen and oxygen atoms in total. The SMILES string of the molecule is CCCCCCCCOCC1O[C@H](OC)C(O)[C@@H](O)[C@@H]1O. The fraction of sp³-hybridized carbons (Fsp3) is 1.00. The fourth-order valence-corrected chi connectivity index (χ4v) is 2.43. The minimum absolute atomic E-state index is 0.180. The highest BCUT2D eigenvalue weighted by Crippen LogP contribution is 2.22. The van der Waals surface area contributed by atoms with Gasteiger partial charge in [-0.3, -0.25) is 0 Å². The van der Waals surface area contributed by atoms with Crippen molar-refractivity contribution in [2.45, 2.75) is 76.2 Å². The summed E-state index contributed by atoms with van der Waals surface area (Å²) >= 11 is 0. The Morgan fingerprint density at radius 1 is 0.905 bits per heavy atom. The van der Waals surface area contributed by atoms with E-state index in [1.807, 2.05) is 0 Å². The van der Waals surface area contributed by atoms with Gasteiger partial charge in [0.25, 0.3) is 0 Å². The van der Waals surface area contributed by atoms with E-state index in [-0.39, 0.29) is 6.61 Å². The van der Waals surface area contributed by atoms with E-state index in [1.165, 1.54) is 32.8 Å². The molecular weight excluding hydrogens is 276 g/mol. The van der Waals surface area contributed by atoms with E-state index in [9.17, 15) is 15.3 Å². The van der Waals surface area contributed by atoms with Gasteiger partial charge in [-0.15, -0.1) is 0 Å². The van der Waals surface area contributed by atoms with E-state index in [1.54, 1.807) is 0 Å². The van der Waals surface area contributed by atoms with Crippen LogP contribution >= 0.6 is 0 Å². The Hall–Kier alpha value is -0.240. The molecule has 1 aliphatic rings. The second kappa shape index (κ2) is 10.5. The minimum Gasteiger partial charge on any atom is -0.387 e. The summed E-state index contributed by atoms with van der Waals surface area (Å²) in [4.78, 5) is 0. The van der Waals surface area contributed by atoms with Crippen molar-refractivity contribution in [2.24, 2.45) is 0 Å². The topological polar surface area (TPSA) is 88.4 Å². The van der Waals surface area contributed by atoms with Crippen LogP contribution in [0.15, 0.2) is 0 Å². The summed E-state index contributed by atoms with van der Waals surface area (Å²) in [6.07, 6.45) is 1.78. The lowest BCUT2D eigenvalue weighted by atomic mass is 9.99. The lowest BCUT2D eigenvalue weighted by Gasteiger charge is -2.39. The highest BCUT2D eigenvalue weighted by Gasteiger charge is 2.43. The van der Waals surface area contributed by atoms with Gasteiger partial charge in [-0.1, -0.05) is 39.0 Å². The maximum atomic E-state index is 9.85. The third-order valence-electron chi connectivity index (χ3n) is 3.83. The number of rotatable bonds is 10. The van der Waals surface area contributed by atoms with Gasteiger partial charge in [0.15, 0.2) is 6.29 Å². The van der Waals surface area contributed by atoms with Gasteiger partial charge in [-0.25, -0.2) is 0 Å². The van der Waals surface area contributed by atoms with Gasteiger partial charge in [-0.2, -0.15) is 0 Å². The van der Waals surface area contributed by atoms with Crippen molar-refractivity contribution in [3.63, 3.8) is 0 Å². The van der Waals surface area contributed by atoms with Crippen molar-refractivity contribution in [1.29, 1.82) is 0 Å². The van der Waals surface area contributed by atoms with E-state index >= 15 is 0 Å². The van der Waals surface area contributed by atoms with Crippen LogP contribution in [-0.2, 0) is 14.2 Å². The summed E-state index contributed by atoms with van der Waals surface area (Å²) in [7, 11) is 1.38. The molecule has 3 N–H and O–H groups in total. The van der Waals surface area contributed by atoms with Crippen molar-refractivity contribution in [2.75, 3.05) is 20.3 Å². The molecule has 0 amide bonds. The van der Waals surface area contributed by atoms with Crippen LogP contribution < -0.4 is 0 Å². The average molecular weight is 306 g/mol. The first-order valence-electron chi connectivity index (χ1n) is 7.92. The molecule has 0 radical (unpaired) electrons. The molecule has 0 spiro atoms. The average Bonchev–Trinajstić information content (AvgIpc) is 2.49. The van der Waals surface area contributed by atoms with Crippen LogP contribution in [0.4, 0.5) is 0 Å². The van der Waals surface area contributed by atoms with Gasteiger partial charge >= 0.3 is 0 Å². The van der Waals surface area contributed by atoms with Crippen LogP contribution in [0.25, 0.3) is 0 Å². The zero-order valence-corrected chi connectivity index (χ0v) is 13.1. The third kappa shape index (κ3) is 6.18. The predicted octanol–water partition coefficient (Wildman–Crippen LogP) is 0.817. The summed E-state index contributed by atoms with van der Waals surface area (Å²) in [5, 5.41) is 29.2. The number of aliphatic hydroxyl groups is 3. The van der Waals surface area contributed by atoms with Crippen LogP contribution in [0.5, 0.6) is 0 Å². The number of ether oxygens (including phenoxy) is 3. The molecule has 0 aromatic carbocycles. The lowest BCUT2D eigenvalue weighted by molar-refractivity contribution is -0.296. The monoisotopic (exact) mass is 306 g/mol. The number of hydrogen-bond donors (Lipinski definition) is 3. The maximum absolute atomic E-state index is 9.85. The fourth-order valence-electron chi connectivity index (χ4n) is 2.43. The molecule has 1 rings (SSSR count). The lowest BCUT2D eigenvalue weighted by Crippen LogP contribution is -2.59. The molecule has 0 saturated carbocycles. The summed E-state index contributed by atoms with van der Waals surface area (Å²) in [5.41, 5.74) is 0. The molecule has 0 aromatic heterocycles. The largest absolute Gasteiger partial charge is 0.387 e. The van der Waals surface area contributed by atoms with E-state index in [0.29, 0.717) is 6.61 Å². The number of aliphatic hydroxyl groups excluding tert-OH is 3. The normalized spacial score (nSPS) is 33.3. The van der Waals surface area contributed by atoms with E-state index in [2.05, 4.69) is 6.92 Å². The molecule has 6 heteroatoms. The van der Waals surface area contributed by atoms with Gasteiger partial charge in [0.1, 0.15) is 24.4 Å². The molecule has 1 heterocycles. The van der Waals surface area contributed by atoms with Crippen molar-refractivity contribution >= 4 is 0 Å². The second-order valence-electron chi connectivity index (χ2n) is 5.59. The molecule has 1 fully saturated rings. The molecule has 1 aliphatic heterocycles. The Labute approximate surface area is 127 Å². The number of methoxy groups -OCH3 is 1. The van der Waals surface area contributed by atoms with Gasteiger partial charge in [-0.05, 0) is 6.42 Å². The summed E-state index contributed by atoms with van der Waals surface area (Å²) in [5.74, 6) is 0. The molecule has 126 valence electrons. The Morgan fingerprint density at radius 2 is 1.57 bits per heavy atom. The first kappa shape index (κ1) is 18.8. The van der Waals surface area contributed by atoms with E-state index in [0.717, 1.165) is 12.8 Å². The van der Waals surface area contributed by atoms with E-state index in [4.69, 9.17) is 14.2 Å². The summed E-state index contributed by atoms with van der Waals surface area (Å²) in [6, 6.07) is 0. The van der Waals surface area contributed by atoms with Crippen molar-refractivity contribution in [3.8, 4) is 0 Å². The van der Waals surface area contributed by atoms with Crippen LogP contribution in [0.3, 0.4) is 0 Å². The Kier molecular flexibility index (Phi) is 9.39. The molecule has 0 aromatic rings. The molecule has 2 unspecified atom stereocenters. The zero-order valence-electron chi connectivity index (χ0n) is 13.1. The second-order valence-corrected chi connectivity index (χ2v) is 5.59. The summed E-state index contributed by atoms with van der Waals surface area (Å²) < 4.78 is 15.8. The minimum atomic E-state index is -1.29. The van der Waals surface area contributed by atoms with Gasteiger partial charge < -0.3 is 29.5 Å². The number of hydrogen-bond acceptors (Lipinski definition) is 6. The maximum Gasteiger partial charge on any atom is 0.186 e. The first-order valence-corrected chi connectivity index (χ1v) is 7.92. The zero-order chi connectivity index (χ0) is 15.7. The van der Waals surface area contributed by atoms with Gasteiger partial charge in [0.05, 0.1) is 6.61 Å². The molecule has 1 saturated heterocycles. The van der Waals surface area contributed by atoms with Crippen LogP contribution in [0.1, 0.15) is 45.4 Å². The Bertz CT molecular complexity index is 261. The number of unbranched alkanes of at least 4 members (excludes halogenated alkanes) is 5. The first-order chi connectivity index (χ1) is 10.1. The van der Waals surface area contributed by atoms with Gasteiger partial charge in [0, 0.05) is 13.7 Å². The van der Waals surface area contributed by atoms with E-state index < -0.39 is 30.7 Å². The molecule has 0 aliphatic carbocycles. The highest BCUT2D eigenvalue weighted by atomic mass is 16.7. The van der Waals surface area contributed by atoms with Crippen LogP contribution in [0.2, 0.25) is 0 Å². The molecule has 0 bridgehead atoms. The molecular formula is C15H30O6. The summed E-state index contributed by atoms with van der Waals surface area (Å²) in [6.45, 7) is 2.98. The predicted molar refractivity (Wildman–Crippen MR) is 77.9 cm³/mol. The van der Waals surface area contributed by atoms with Crippen molar-refractivity contribution in [3.05, 3.63) is 0 Å².